The number of nitrogens with zero attached hydrogens (tertiary/aromatic N) is 2. The molecule has 0 unspecified atom stereocenters. The van der Waals surface area contributed by atoms with Gasteiger partial charge in [0.05, 0.1) is 0 Å². The van der Waals surface area contributed by atoms with Crippen LogP contribution < -0.4 is 5.32 Å². The first kappa shape index (κ1) is 11.9. The molecule has 0 amide bonds. The SMILES string of the molecule is C=C(N=C(C)c1ccccc1)N1CCNCC1. The zero-order valence-corrected chi connectivity index (χ0v) is 10.3. The van der Waals surface area contributed by atoms with Gasteiger partial charge in [0, 0.05) is 31.9 Å². The van der Waals surface area contributed by atoms with E-state index >= 15 is 0 Å². The van der Waals surface area contributed by atoms with Gasteiger partial charge in [-0.25, -0.2) is 4.99 Å². The van der Waals surface area contributed by atoms with Crippen LogP contribution in [0.1, 0.15) is 12.5 Å². The molecular weight excluding hydrogens is 210 g/mol. The first-order chi connectivity index (χ1) is 8.27. The molecule has 1 N–H and O–H groups in total. The molecule has 0 atom stereocenters. The van der Waals surface area contributed by atoms with Crippen molar-refractivity contribution in [1.29, 1.82) is 0 Å². The van der Waals surface area contributed by atoms with Gasteiger partial charge in [-0.05, 0) is 12.5 Å². The first-order valence-electron chi connectivity index (χ1n) is 6.02. The standard InChI is InChI=1S/C14H19N3/c1-12(14-6-4-3-5-7-14)16-13(2)17-10-8-15-9-11-17/h3-7,15H,2,8-11H2,1H3. The Morgan fingerprint density at radius 2 is 1.88 bits per heavy atom. The van der Waals surface area contributed by atoms with Crippen molar-refractivity contribution in [3.8, 4) is 0 Å². The zero-order valence-electron chi connectivity index (χ0n) is 10.3. The predicted molar refractivity (Wildman–Crippen MR) is 72.2 cm³/mol. The minimum atomic E-state index is 0.868. The van der Waals surface area contributed by atoms with Crippen LogP contribution in [-0.2, 0) is 0 Å². The van der Waals surface area contributed by atoms with Gasteiger partial charge in [-0.1, -0.05) is 36.9 Å². The summed E-state index contributed by atoms with van der Waals surface area (Å²) in [5, 5.41) is 3.32. The van der Waals surface area contributed by atoms with Crippen LogP contribution in [0.5, 0.6) is 0 Å². The summed E-state index contributed by atoms with van der Waals surface area (Å²) in [4.78, 5) is 6.82. The fourth-order valence-corrected chi connectivity index (χ4v) is 1.93. The van der Waals surface area contributed by atoms with E-state index in [9.17, 15) is 0 Å². The number of hydrogen-bond acceptors (Lipinski definition) is 3. The van der Waals surface area contributed by atoms with Crippen LogP contribution in [0.3, 0.4) is 0 Å². The van der Waals surface area contributed by atoms with E-state index in [-0.39, 0.29) is 0 Å². The monoisotopic (exact) mass is 229 g/mol. The Bertz CT molecular complexity index is 403. The van der Waals surface area contributed by atoms with Crippen molar-refractivity contribution in [3.05, 3.63) is 48.3 Å². The molecule has 0 radical (unpaired) electrons. The fourth-order valence-electron chi connectivity index (χ4n) is 1.93. The van der Waals surface area contributed by atoms with Crippen molar-refractivity contribution in [2.75, 3.05) is 26.2 Å². The van der Waals surface area contributed by atoms with E-state index in [0.29, 0.717) is 0 Å². The molecular formula is C14H19N3. The van der Waals surface area contributed by atoms with E-state index in [1.54, 1.807) is 0 Å². The van der Waals surface area contributed by atoms with E-state index in [0.717, 1.165) is 43.3 Å². The molecule has 3 nitrogen and oxygen atoms in total. The maximum Gasteiger partial charge on any atom is 0.121 e. The molecule has 1 aromatic carbocycles. The normalized spacial score (nSPS) is 17.0. The van der Waals surface area contributed by atoms with Crippen molar-refractivity contribution < 1.29 is 0 Å². The summed E-state index contributed by atoms with van der Waals surface area (Å²) in [6.45, 7) is 10.1. The maximum absolute atomic E-state index is 4.59. The van der Waals surface area contributed by atoms with Crippen LogP contribution in [0.25, 0.3) is 0 Å². The highest BCUT2D eigenvalue weighted by Crippen LogP contribution is 2.08. The highest BCUT2D eigenvalue weighted by molar-refractivity contribution is 5.99. The average Bonchev–Trinajstić information content (AvgIpc) is 2.40. The van der Waals surface area contributed by atoms with Gasteiger partial charge in [0.15, 0.2) is 0 Å². The molecule has 1 aliphatic heterocycles. The molecule has 0 aliphatic carbocycles. The third-order valence-electron chi connectivity index (χ3n) is 2.97. The minimum Gasteiger partial charge on any atom is -0.355 e. The summed E-state index contributed by atoms with van der Waals surface area (Å²) >= 11 is 0. The van der Waals surface area contributed by atoms with E-state index in [2.05, 4.69) is 33.9 Å². The van der Waals surface area contributed by atoms with E-state index in [1.807, 2.05) is 25.1 Å². The largest absolute Gasteiger partial charge is 0.355 e. The highest BCUT2D eigenvalue weighted by Gasteiger charge is 2.10. The second-order valence-electron chi connectivity index (χ2n) is 4.22. The van der Waals surface area contributed by atoms with Crippen LogP contribution in [0.15, 0.2) is 47.7 Å². The van der Waals surface area contributed by atoms with Crippen molar-refractivity contribution in [2.45, 2.75) is 6.92 Å². The Kier molecular flexibility index (Phi) is 3.94. The van der Waals surface area contributed by atoms with Gasteiger partial charge in [0.25, 0.3) is 0 Å². The Balaban J connectivity index is 2.05. The van der Waals surface area contributed by atoms with Crippen LogP contribution in [-0.4, -0.2) is 36.8 Å². The zero-order chi connectivity index (χ0) is 12.1. The van der Waals surface area contributed by atoms with Crippen molar-refractivity contribution >= 4 is 5.71 Å². The number of aliphatic imine (C=N–C) groups is 1. The molecule has 1 saturated heterocycles. The molecule has 1 fully saturated rings. The molecule has 0 bridgehead atoms. The third kappa shape index (κ3) is 3.17. The van der Waals surface area contributed by atoms with E-state index in [4.69, 9.17) is 0 Å². The Morgan fingerprint density at radius 1 is 1.24 bits per heavy atom. The third-order valence-corrected chi connectivity index (χ3v) is 2.97. The number of nitrogens with one attached hydrogen (secondary N) is 1. The summed E-state index contributed by atoms with van der Waals surface area (Å²) in [5.41, 5.74) is 2.18. The fraction of sp³-hybridized carbons (Fsp3) is 0.357. The second-order valence-corrected chi connectivity index (χ2v) is 4.22. The van der Waals surface area contributed by atoms with E-state index < -0.39 is 0 Å². The van der Waals surface area contributed by atoms with Crippen molar-refractivity contribution in [2.24, 2.45) is 4.99 Å². The quantitative estimate of drug-likeness (QED) is 0.801. The molecule has 1 heterocycles. The molecule has 2 rings (SSSR count). The van der Waals surface area contributed by atoms with Crippen LogP contribution in [0, 0.1) is 0 Å². The second kappa shape index (κ2) is 5.64. The molecule has 0 saturated carbocycles. The van der Waals surface area contributed by atoms with Crippen LogP contribution in [0.4, 0.5) is 0 Å². The number of hydrogen-bond donors (Lipinski definition) is 1. The van der Waals surface area contributed by atoms with Crippen LogP contribution >= 0.6 is 0 Å². The lowest BCUT2D eigenvalue weighted by molar-refractivity contribution is 0.298. The van der Waals surface area contributed by atoms with Gasteiger partial charge >= 0.3 is 0 Å². The topological polar surface area (TPSA) is 27.6 Å². The molecule has 17 heavy (non-hydrogen) atoms. The Morgan fingerprint density at radius 3 is 2.53 bits per heavy atom. The lowest BCUT2D eigenvalue weighted by Crippen LogP contribution is -2.42. The summed E-state index contributed by atoms with van der Waals surface area (Å²) < 4.78 is 0. The molecule has 0 aromatic heterocycles. The Labute approximate surface area is 103 Å². The molecule has 1 aromatic rings. The van der Waals surface area contributed by atoms with Gasteiger partial charge < -0.3 is 10.2 Å². The number of benzene rings is 1. The highest BCUT2D eigenvalue weighted by atomic mass is 15.2. The molecule has 0 spiro atoms. The molecule has 90 valence electrons. The molecule has 1 aliphatic rings. The first-order valence-corrected chi connectivity index (χ1v) is 6.02. The van der Waals surface area contributed by atoms with Crippen molar-refractivity contribution in [1.82, 2.24) is 10.2 Å². The van der Waals surface area contributed by atoms with Gasteiger partial charge in [-0.2, -0.15) is 0 Å². The summed E-state index contributed by atoms with van der Waals surface area (Å²) in [7, 11) is 0. The number of rotatable bonds is 3. The van der Waals surface area contributed by atoms with E-state index in [1.165, 1.54) is 0 Å². The van der Waals surface area contributed by atoms with Gasteiger partial charge in [0.2, 0.25) is 0 Å². The van der Waals surface area contributed by atoms with Crippen molar-refractivity contribution in [3.63, 3.8) is 0 Å². The van der Waals surface area contributed by atoms with Crippen LogP contribution in [0.2, 0.25) is 0 Å². The molecule has 3 heteroatoms. The summed E-state index contributed by atoms with van der Waals surface area (Å²) in [6, 6.07) is 10.2. The Hall–Kier alpha value is -1.61. The lowest BCUT2D eigenvalue weighted by Gasteiger charge is -2.29. The van der Waals surface area contributed by atoms with Gasteiger partial charge in [0.1, 0.15) is 5.82 Å². The van der Waals surface area contributed by atoms with Gasteiger partial charge in [-0.15, -0.1) is 0 Å². The summed E-state index contributed by atoms with van der Waals surface area (Å²) in [6.07, 6.45) is 0. The average molecular weight is 229 g/mol. The maximum atomic E-state index is 4.59. The van der Waals surface area contributed by atoms with Gasteiger partial charge in [-0.3, -0.25) is 0 Å². The lowest BCUT2D eigenvalue weighted by atomic mass is 10.1. The number of piperazine rings is 1. The predicted octanol–water partition coefficient (Wildman–Crippen LogP) is 1.87. The summed E-state index contributed by atoms with van der Waals surface area (Å²) in [5.74, 6) is 0.868. The minimum absolute atomic E-state index is 0.868. The smallest absolute Gasteiger partial charge is 0.121 e.